The van der Waals surface area contributed by atoms with E-state index in [2.05, 4.69) is 4.98 Å². The molecule has 1 heterocycles. The molecular formula is C8H10N2S2. The van der Waals surface area contributed by atoms with Crippen LogP contribution in [0.15, 0.2) is 29.4 Å². The quantitative estimate of drug-likeness (QED) is 0.588. The van der Waals surface area contributed by atoms with Crippen LogP contribution in [0.5, 0.6) is 0 Å². The molecule has 1 atom stereocenters. The largest absolute Gasteiger partial charge is 0.323 e. The molecule has 0 fully saturated rings. The molecule has 2 nitrogen and oxygen atoms in total. The highest BCUT2D eigenvalue weighted by Gasteiger charge is 1.98. The highest BCUT2D eigenvalue weighted by molar-refractivity contribution is 7.99. The van der Waals surface area contributed by atoms with Gasteiger partial charge < -0.3 is 5.73 Å². The molecular weight excluding hydrogens is 188 g/mol. The highest BCUT2D eigenvalue weighted by Crippen LogP contribution is 2.15. The van der Waals surface area contributed by atoms with Crippen molar-refractivity contribution in [2.75, 3.05) is 5.75 Å². The van der Waals surface area contributed by atoms with Crippen molar-refractivity contribution in [2.45, 2.75) is 10.9 Å². The van der Waals surface area contributed by atoms with Crippen LogP contribution < -0.4 is 5.73 Å². The smallest absolute Gasteiger partial charge is 0.0423 e. The zero-order valence-electron chi connectivity index (χ0n) is 6.51. The Morgan fingerprint density at radius 3 is 2.83 bits per heavy atom. The van der Waals surface area contributed by atoms with Crippen LogP contribution in [0.3, 0.4) is 0 Å². The van der Waals surface area contributed by atoms with Gasteiger partial charge in [0, 0.05) is 29.1 Å². The van der Waals surface area contributed by atoms with Gasteiger partial charge in [0.2, 0.25) is 0 Å². The SMILES string of the molecule is NC(C=S)CSc1ccncc1. The molecule has 1 aromatic heterocycles. The normalized spacial score (nSPS) is 12.4. The molecule has 4 heteroatoms. The minimum absolute atomic E-state index is 0.00170. The van der Waals surface area contributed by atoms with Gasteiger partial charge in [0.15, 0.2) is 0 Å². The molecule has 0 aliphatic heterocycles. The maximum Gasteiger partial charge on any atom is 0.0423 e. The van der Waals surface area contributed by atoms with E-state index in [1.165, 1.54) is 4.90 Å². The summed E-state index contributed by atoms with van der Waals surface area (Å²) in [5.41, 5.74) is 5.62. The summed E-state index contributed by atoms with van der Waals surface area (Å²) in [5.74, 6) is 0.827. The average Bonchev–Trinajstić information content (AvgIpc) is 2.16. The minimum atomic E-state index is -0.00170. The summed E-state index contributed by atoms with van der Waals surface area (Å²) in [6, 6.07) is 3.92. The van der Waals surface area contributed by atoms with Gasteiger partial charge in [-0.2, -0.15) is 0 Å². The van der Waals surface area contributed by atoms with Gasteiger partial charge in [-0.3, -0.25) is 4.98 Å². The van der Waals surface area contributed by atoms with Crippen molar-refractivity contribution in [3.05, 3.63) is 24.5 Å². The molecule has 12 heavy (non-hydrogen) atoms. The van der Waals surface area contributed by atoms with Crippen molar-refractivity contribution in [2.24, 2.45) is 5.73 Å². The highest BCUT2D eigenvalue weighted by atomic mass is 32.2. The number of hydrogen-bond acceptors (Lipinski definition) is 4. The first-order valence-corrected chi connectivity index (χ1v) is 5.02. The molecule has 0 saturated heterocycles. The summed E-state index contributed by atoms with van der Waals surface area (Å²) in [6.45, 7) is 0. The number of hydrogen-bond donors (Lipinski definition) is 1. The number of rotatable bonds is 4. The van der Waals surface area contributed by atoms with Gasteiger partial charge in [0.25, 0.3) is 0 Å². The van der Waals surface area contributed by atoms with Gasteiger partial charge in [0.05, 0.1) is 0 Å². The average molecular weight is 198 g/mol. The van der Waals surface area contributed by atoms with Crippen LogP contribution in [-0.4, -0.2) is 22.1 Å². The lowest BCUT2D eigenvalue weighted by atomic mass is 10.4. The zero-order chi connectivity index (χ0) is 8.81. The molecule has 1 unspecified atom stereocenters. The summed E-state index contributed by atoms with van der Waals surface area (Å²) in [7, 11) is 0. The summed E-state index contributed by atoms with van der Waals surface area (Å²) >= 11 is 6.40. The van der Waals surface area contributed by atoms with Crippen LogP contribution in [0, 0.1) is 0 Å². The Hall–Kier alpha value is -0.450. The fourth-order valence-electron chi connectivity index (χ4n) is 0.666. The Balaban J connectivity index is 2.38. The van der Waals surface area contributed by atoms with E-state index in [0.29, 0.717) is 0 Å². The Kier molecular flexibility index (Phi) is 4.21. The minimum Gasteiger partial charge on any atom is -0.323 e. The Bertz CT molecular complexity index is 238. The zero-order valence-corrected chi connectivity index (χ0v) is 8.15. The van der Waals surface area contributed by atoms with Gasteiger partial charge in [0.1, 0.15) is 0 Å². The molecule has 0 amide bonds. The molecule has 0 saturated carbocycles. The third-order valence-electron chi connectivity index (χ3n) is 1.27. The van der Waals surface area contributed by atoms with Crippen LogP contribution in [0.25, 0.3) is 0 Å². The van der Waals surface area contributed by atoms with Crippen LogP contribution >= 0.6 is 24.0 Å². The molecule has 2 N–H and O–H groups in total. The Morgan fingerprint density at radius 1 is 1.58 bits per heavy atom. The van der Waals surface area contributed by atoms with Gasteiger partial charge in [-0.05, 0) is 17.5 Å². The molecule has 0 aliphatic carbocycles. The first-order valence-electron chi connectivity index (χ1n) is 3.56. The fourth-order valence-corrected chi connectivity index (χ4v) is 1.68. The number of nitrogens with two attached hydrogens (primary N) is 1. The number of aromatic nitrogens is 1. The molecule has 1 rings (SSSR count). The number of nitrogens with zero attached hydrogens (tertiary/aromatic N) is 1. The third-order valence-corrected chi connectivity index (χ3v) is 2.77. The van der Waals surface area contributed by atoms with E-state index in [9.17, 15) is 0 Å². The van der Waals surface area contributed by atoms with E-state index in [4.69, 9.17) is 18.0 Å². The fraction of sp³-hybridized carbons (Fsp3) is 0.250. The Labute approximate surface area is 81.6 Å². The second kappa shape index (κ2) is 5.24. The van der Waals surface area contributed by atoms with Crippen molar-refractivity contribution in [1.82, 2.24) is 4.98 Å². The monoisotopic (exact) mass is 198 g/mol. The maximum absolute atomic E-state index is 5.62. The second-order valence-corrected chi connectivity index (χ2v) is 3.66. The Morgan fingerprint density at radius 2 is 2.25 bits per heavy atom. The first kappa shape index (κ1) is 9.64. The van der Waals surface area contributed by atoms with Crippen molar-refractivity contribution in [3.8, 4) is 0 Å². The standard InChI is InChI=1S/C8H10N2S2/c9-7(5-11)6-12-8-1-3-10-4-2-8/h1-5,7H,6,9H2. The van der Waals surface area contributed by atoms with Gasteiger partial charge in [-0.1, -0.05) is 12.2 Å². The molecule has 0 bridgehead atoms. The predicted molar refractivity (Wildman–Crippen MR) is 56.6 cm³/mol. The molecule has 0 radical (unpaired) electrons. The maximum atomic E-state index is 5.62. The summed E-state index contributed by atoms with van der Waals surface area (Å²) in [4.78, 5) is 5.10. The van der Waals surface area contributed by atoms with E-state index < -0.39 is 0 Å². The van der Waals surface area contributed by atoms with Gasteiger partial charge in [-0.15, -0.1) is 11.8 Å². The lowest BCUT2D eigenvalue weighted by Crippen LogP contribution is -2.23. The van der Waals surface area contributed by atoms with E-state index >= 15 is 0 Å². The van der Waals surface area contributed by atoms with Crippen LogP contribution in [0.4, 0.5) is 0 Å². The summed E-state index contributed by atoms with van der Waals surface area (Å²) in [5, 5.41) is 1.59. The molecule has 0 aromatic carbocycles. The summed E-state index contributed by atoms with van der Waals surface area (Å²) < 4.78 is 0. The van der Waals surface area contributed by atoms with Crippen LogP contribution in [-0.2, 0) is 0 Å². The van der Waals surface area contributed by atoms with Gasteiger partial charge in [-0.25, -0.2) is 0 Å². The van der Waals surface area contributed by atoms with E-state index in [1.807, 2.05) is 12.1 Å². The van der Waals surface area contributed by atoms with Crippen molar-refractivity contribution < 1.29 is 0 Å². The second-order valence-electron chi connectivity index (χ2n) is 2.29. The van der Waals surface area contributed by atoms with Crippen molar-refractivity contribution in [1.29, 1.82) is 0 Å². The van der Waals surface area contributed by atoms with Crippen molar-refractivity contribution in [3.63, 3.8) is 0 Å². The first-order chi connectivity index (χ1) is 5.83. The molecule has 0 spiro atoms. The van der Waals surface area contributed by atoms with E-state index in [1.54, 1.807) is 29.5 Å². The lowest BCUT2D eigenvalue weighted by molar-refractivity contribution is 1.02. The molecule has 0 aliphatic rings. The predicted octanol–water partition coefficient (Wildman–Crippen LogP) is 1.50. The summed E-state index contributed by atoms with van der Waals surface area (Å²) in [6.07, 6.45) is 3.54. The van der Waals surface area contributed by atoms with Crippen LogP contribution in [0.1, 0.15) is 0 Å². The number of pyridine rings is 1. The number of thiocarbonyl (C=S) groups is 1. The molecule has 64 valence electrons. The van der Waals surface area contributed by atoms with Gasteiger partial charge >= 0.3 is 0 Å². The number of thioether (sulfide) groups is 1. The van der Waals surface area contributed by atoms with E-state index in [0.717, 1.165) is 5.75 Å². The van der Waals surface area contributed by atoms with Crippen molar-refractivity contribution >= 4 is 29.3 Å². The van der Waals surface area contributed by atoms with E-state index in [-0.39, 0.29) is 6.04 Å². The topological polar surface area (TPSA) is 38.9 Å². The van der Waals surface area contributed by atoms with Crippen LogP contribution in [0.2, 0.25) is 0 Å². The third kappa shape index (κ3) is 3.30. The molecule has 1 aromatic rings. The lowest BCUT2D eigenvalue weighted by Gasteiger charge is -2.03.